The van der Waals surface area contributed by atoms with Crippen molar-refractivity contribution in [2.45, 2.75) is 53.6 Å². The van der Waals surface area contributed by atoms with Gasteiger partial charge in [0.25, 0.3) is 0 Å². The fourth-order valence-electron chi connectivity index (χ4n) is 5.24. The van der Waals surface area contributed by atoms with E-state index in [1.807, 2.05) is 18.3 Å². The number of nitrogens with zero attached hydrogens (tertiary/aromatic N) is 3. The highest BCUT2D eigenvalue weighted by atomic mass is 32.1. The summed E-state index contributed by atoms with van der Waals surface area (Å²) in [4.78, 5) is 6.99. The quantitative estimate of drug-likeness (QED) is 0.322. The summed E-state index contributed by atoms with van der Waals surface area (Å²) in [5.74, 6) is 0. The van der Waals surface area contributed by atoms with Crippen LogP contribution < -0.4 is 10.2 Å². The van der Waals surface area contributed by atoms with E-state index in [0.29, 0.717) is 0 Å². The summed E-state index contributed by atoms with van der Waals surface area (Å²) in [5.41, 5.74) is 12.1. The highest BCUT2D eigenvalue weighted by Crippen LogP contribution is 2.44. The van der Waals surface area contributed by atoms with E-state index in [1.54, 1.807) is 0 Å². The van der Waals surface area contributed by atoms with Gasteiger partial charge < -0.3 is 14.8 Å². The van der Waals surface area contributed by atoms with Crippen molar-refractivity contribution in [3.63, 3.8) is 0 Å². The SMILES string of the molecule is Cc1ccc(C)c(-n2c(C)cc([C@@H]3[C@H](c4ccccn4)NC(=S)N3c3ccc(C)c(C)c3)c2C)c1. The van der Waals surface area contributed by atoms with E-state index < -0.39 is 0 Å². The van der Waals surface area contributed by atoms with Crippen molar-refractivity contribution < 1.29 is 0 Å². The molecule has 4 aromatic rings. The Hall–Kier alpha value is -3.44. The fourth-order valence-corrected chi connectivity index (χ4v) is 5.59. The highest BCUT2D eigenvalue weighted by molar-refractivity contribution is 7.80. The first-order valence-corrected chi connectivity index (χ1v) is 12.5. The lowest BCUT2D eigenvalue weighted by molar-refractivity contribution is 0.565. The van der Waals surface area contributed by atoms with E-state index in [1.165, 1.54) is 44.9 Å². The van der Waals surface area contributed by atoms with Gasteiger partial charge in [-0.15, -0.1) is 0 Å². The van der Waals surface area contributed by atoms with Gasteiger partial charge in [-0.1, -0.05) is 24.3 Å². The number of anilines is 1. The molecule has 0 aliphatic carbocycles. The van der Waals surface area contributed by atoms with Gasteiger partial charge in [0.1, 0.15) is 0 Å². The Morgan fingerprint density at radius 1 is 0.829 bits per heavy atom. The average Bonchev–Trinajstić information content (AvgIpc) is 3.33. The predicted molar refractivity (Wildman–Crippen MR) is 149 cm³/mol. The first kappa shape index (κ1) is 23.3. The molecule has 1 saturated heterocycles. The Bertz CT molecular complexity index is 1420. The minimum Gasteiger partial charge on any atom is -0.351 e. The highest BCUT2D eigenvalue weighted by Gasteiger charge is 2.42. The molecule has 2 aromatic carbocycles. The summed E-state index contributed by atoms with van der Waals surface area (Å²) in [7, 11) is 0. The summed E-state index contributed by atoms with van der Waals surface area (Å²) in [6.07, 6.45) is 1.86. The second-order valence-corrected chi connectivity index (χ2v) is 10.1. The molecule has 0 amide bonds. The normalized spacial score (nSPS) is 17.7. The first-order chi connectivity index (χ1) is 16.8. The second kappa shape index (κ2) is 8.97. The maximum absolute atomic E-state index is 5.95. The van der Waals surface area contributed by atoms with E-state index in [2.05, 4.69) is 105 Å². The van der Waals surface area contributed by atoms with Gasteiger partial charge in [0.2, 0.25) is 0 Å². The number of nitrogens with one attached hydrogen (secondary N) is 1. The molecule has 1 aliphatic rings. The third kappa shape index (κ3) is 4.04. The molecule has 5 heteroatoms. The molecule has 5 rings (SSSR count). The molecule has 0 radical (unpaired) electrons. The van der Waals surface area contributed by atoms with Crippen LogP contribution in [0.1, 0.15) is 57.0 Å². The minimum atomic E-state index is -0.0575. The molecule has 0 spiro atoms. The minimum absolute atomic E-state index is 0.0235. The number of benzene rings is 2. The maximum atomic E-state index is 5.95. The summed E-state index contributed by atoms with van der Waals surface area (Å²) in [6, 6.07) is 21.6. The first-order valence-electron chi connectivity index (χ1n) is 12.1. The molecule has 1 fully saturated rings. The van der Waals surface area contributed by atoms with Crippen LogP contribution in [0.5, 0.6) is 0 Å². The lowest BCUT2D eigenvalue weighted by Crippen LogP contribution is -2.29. The lowest BCUT2D eigenvalue weighted by Gasteiger charge is -2.28. The monoisotopic (exact) mass is 480 g/mol. The van der Waals surface area contributed by atoms with Crippen molar-refractivity contribution >= 4 is 23.0 Å². The number of rotatable bonds is 4. The van der Waals surface area contributed by atoms with Crippen LogP contribution in [0.3, 0.4) is 0 Å². The Kier molecular flexibility index (Phi) is 5.97. The summed E-state index contributed by atoms with van der Waals surface area (Å²) >= 11 is 5.95. The van der Waals surface area contributed by atoms with Gasteiger partial charge in [-0.05, 0) is 118 Å². The third-order valence-electron chi connectivity index (χ3n) is 7.26. The van der Waals surface area contributed by atoms with Crippen LogP contribution in [0.2, 0.25) is 0 Å². The van der Waals surface area contributed by atoms with E-state index >= 15 is 0 Å². The average molecular weight is 481 g/mol. The van der Waals surface area contributed by atoms with Crippen LogP contribution in [-0.2, 0) is 0 Å². The Labute approximate surface area is 213 Å². The Morgan fingerprint density at radius 2 is 1.60 bits per heavy atom. The molecule has 2 atom stereocenters. The zero-order valence-electron chi connectivity index (χ0n) is 21.3. The summed E-state index contributed by atoms with van der Waals surface area (Å²) < 4.78 is 2.38. The molecule has 3 heterocycles. The zero-order valence-corrected chi connectivity index (χ0v) is 22.1. The number of aromatic nitrogens is 2. The van der Waals surface area contributed by atoms with Gasteiger partial charge in [0.15, 0.2) is 5.11 Å². The van der Waals surface area contributed by atoms with Crippen LogP contribution in [0.15, 0.2) is 66.9 Å². The molecule has 0 unspecified atom stereocenters. The standard InChI is InChI=1S/C30H32N4S/c1-18-10-11-20(3)27(15-18)33-22(5)17-25(23(33)6)29-28(26-9-7-8-14-31-26)32-30(35)34(29)24-13-12-19(2)21(4)16-24/h7-17,28-29H,1-6H3,(H,32,35)/t28-,29+/m0/s1. The predicted octanol–water partition coefficient (Wildman–Crippen LogP) is 6.90. The van der Waals surface area contributed by atoms with E-state index in [4.69, 9.17) is 17.2 Å². The van der Waals surface area contributed by atoms with E-state index in [0.717, 1.165) is 16.5 Å². The zero-order chi connectivity index (χ0) is 24.9. The number of aryl methyl sites for hydroxylation is 5. The van der Waals surface area contributed by atoms with Gasteiger partial charge in [0, 0.05) is 29.0 Å². The molecule has 2 aromatic heterocycles. The molecule has 4 nitrogen and oxygen atoms in total. The molecule has 0 bridgehead atoms. The van der Waals surface area contributed by atoms with E-state index in [-0.39, 0.29) is 12.1 Å². The van der Waals surface area contributed by atoms with Gasteiger partial charge in [-0.25, -0.2) is 0 Å². The molecule has 1 N–H and O–H groups in total. The second-order valence-electron chi connectivity index (χ2n) is 9.72. The van der Waals surface area contributed by atoms with Gasteiger partial charge in [-0.2, -0.15) is 0 Å². The number of thiocarbonyl (C=S) groups is 1. The molecule has 1 aliphatic heterocycles. The van der Waals surface area contributed by atoms with Crippen molar-refractivity contribution in [1.82, 2.24) is 14.9 Å². The largest absolute Gasteiger partial charge is 0.351 e. The van der Waals surface area contributed by atoms with Crippen molar-refractivity contribution in [3.05, 3.63) is 112 Å². The van der Waals surface area contributed by atoms with Crippen LogP contribution in [0.4, 0.5) is 5.69 Å². The molecule has 35 heavy (non-hydrogen) atoms. The molecular weight excluding hydrogens is 448 g/mol. The van der Waals surface area contributed by atoms with Gasteiger partial charge >= 0.3 is 0 Å². The molecule has 178 valence electrons. The number of pyridine rings is 1. The third-order valence-corrected chi connectivity index (χ3v) is 7.58. The lowest BCUT2D eigenvalue weighted by atomic mass is 9.96. The molecule has 0 saturated carbocycles. The van der Waals surface area contributed by atoms with Crippen molar-refractivity contribution in [3.8, 4) is 5.69 Å². The van der Waals surface area contributed by atoms with Crippen LogP contribution in [0, 0.1) is 41.5 Å². The van der Waals surface area contributed by atoms with Crippen LogP contribution in [0.25, 0.3) is 5.69 Å². The maximum Gasteiger partial charge on any atom is 0.174 e. The Balaban J connectivity index is 1.71. The smallest absolute Gasteiger partial charge is 0.174 e. The number of hydrogen-bond acceptors (Lipinski definition) is 2. The fraction of sp³-hybridized carbons (Fsp3) is 0.267. The molecular formula is C30H32N4S. The number of hydrogen-bond donors (Lipinski definition) is 1. The summed E-state index contributed by atoms with van der Waals surface area (Å²) in [6.45, 7) is 13.0. The van der Waals surface area contributed by atoms with Gasteiger partial charge in [-0.3, -0.25) is 4.98 Å². The van der Waals surface area contributed by atoms with Crippen molar-refractivity contribution in [2.75, 3.05) is 4.90 Å². The van der Waals surface area contributed by atoms with E-state index in [9.17, 15) is 0 Å². The van der Waals surface area contributed by atoms with Crippen molar-refractivity contribution in [2.24, 2.45) is 0 Å². The Morgan fingerprint density at radius 3 is 2.31 bits per heavy atom. The van der Waals surface area contributed by atoms with Crippen LogP contribution >= 0.6 is 12.2 Å². The van der Waals surface area contributed by atoms with Gasteiger partial charge in [0.05, 0.1) is 17.8 Å². The van der Waals surface area contributed by atoms with Crippen LogP contribution in [-0.4, -0.2) is 14.7 Å². The topological polar surface area (TPSA) is 33.1 Å². The van der Waals surface area contributed by atoms with Crippen molar-refractivity contribution in [1.29, 1.82) is 0 Å². The summed E-state index contributed by atoms with van der Waals surface area (Å²) in [5, 5.41) is 4.33.